The van der Waals surface area contributed by atoms with Gasteiger partial charge in [0, 0.05) is 0 Å². The summed E-state index contributed by atoms with van der Waals surface area (Å²) in [6.07, 6.45) is 0.141. The third-order valence-electron chi connectivity index (χ3n) is 7.01. The Bertz CT molecular complexity index is 1460. The number of anilines is 2. The number of rotatable bonds is 11. The molecule has 0 atom stereocenters. The second-order valence-electron chi connectivity index (χ2n) is 10.2. The summed E-state index contributed by atoms with van der Waals surface area (Å²) < 4.78 is 9.17. The van der Waals surface area contributed by atoms with E-state index in [1.54, 1.807) is 18.2 Å². The van der Waals surface area contributed by atoms with Crippen molar-refractivity contribution in [2.24, 2.45) is 0 Å². The van der Waals surface area contributed by atoms with E-state index in [4.69, 9.17) is 26.3 Å². The normalized spacial score (nSPS) is 11.2. The summed E-state index contributed by atoms with van der Waals surface area (Å²) in [6, 6.07) is 44.3. The molecule has 0 aliphatic rings. The van der Waals surface area contributed by atoms with Crippen LogP contribution < -0.4 is 5.32 Å². The van der Waals surface area contributed by atoms with Crippen LogP contribution in [0.3, 0.4) is 0 Å². The molecule has 6 heteroatoms. The van der Waals surface area contributed by atoms with Crippen molar-refractivity contribution < 1.29 is 7.87 Å². The fourth-order valence-electron chi connectivity index (χ4n) is 5.18. The van der Waals surface area contributed by atoms with Crippen LogP contribution in [0.2, 0.25) is 10.0 Å². The maximum atomic E-state index is 13.9. The topological polar surface area (TPSA) is 38.3 Å². The zero-order valence-corrected chi connectivity index (χ0v) is 27.0. The Morgan fingerprint density at radius 1 is 0.585 bits per heavy atom. The van der Waals surface area contributed by atoms with Crippen LogP contribution in [0.1, 0.15) is 22.3 Å². The molecule has 41 heavy (non-hydrogen) atoms. The minimum atomic E-state index is -3.76. The molecule has 0 saturated carbocycles. The van der Waals surface area contributed by atoms with Gasteiger partial charge in [-0.25, -0.2) is 0 Å². The summed E-state index contributed by atoms with van der Waals surface area (Å²) in [6.45, 7) is 0. The Balaban J connectivity index is 1.47. The van der Waals surface area contributed by atoms with Crippen molar-refractivity contribution in [3.8, 4) is 0 Å². The SMILES string of the molecule is O=C(Cc1ccccc1Nc1c(Cl)cccc1Cl)[O][Sn]([CH2]c1ccccc1)([CH2]c1ccccc1)[CH2]c1ccccc1. The number of carbonyl (C=O) groups is 1. The average Bonchev–Trinajstić information content (AvgIpc) is 2.97. The van der Waals surface area contributed by atoms with E-state index < -0.39 is 18.8 Å². The van der Waals surface area contributed by atoms with Gasteiger partial charge in [0.2, 0.25) is 0 Å². The fourth-order valence-corrected chi connectivity index (χ4v) is 17.3. The molecule has 1 N–H and O–H groups in total. The molecule has 206 valence electrons. The van der Waals surface area contributed by atoms with E-state index in [0.29, 0.717) is 15.7 Å². The molecule has 0 heterocycles. The number of para-hydroxylation sites is 2. The Hall–Kier alpha value is -3.25. The molecule has 0 amide bonds. The van der Waals surface area contributed by atoms with Crippen molar-refractivity contribution in [3.05, 3.63) is 166 Å². The van der Waals surface area contributed by atoms with Gasteiger partial charge in [-0.3, -0.25) is 0 Å². The molecule has 0 fully saturated rings. The Kier molecular flexibility index (Phi) is 10.0. The number of benzene rings is 5. The molecule has 0 unspecified atom stereocenters. The van der Waals surface area contributed by atoms with Crippen molar-refractivity contribution in [3.63, 3.8) is 0 Å². The molecule has 0 aromatic heterocycles. The van der Waals surface area contributed by atoms with Gasteiger partial charge >= 0.3 is 258 Å². The summed E-state index contributed by atoms with van der Waals surface area (Å²) in [4.78, 5) is 13.9. The first kappa shape index (κ1) is 29.2. The molecule has 5 aromatic carbocycles. The molecule has 5 rings (SSSR count). The van der Waals surface area contributed by atoms with Crippen LogP contribution in [-0.2, 0) is 27.6 Å². The van der Waals surface area contributed by atoms with Gasteiger partial charge in [-0.15, -0.1) is 0 Å². The Morgan fingerprint density at radius 2 is 1.02 bits per heavy atom. The van der Waals surface area contributed by atoms with E-state index in [-0.39, 0.29) is 12.4 Å². The predicted octanol–water partition coefficient (Wildman–Crippen LogP) is 9.11. The number of halogens is 2. The molecule has 0 aliphatic carbocycles. The van der Waals surface area contributed by atoms with Crippen molar-refractivity contribution in [2.75, 3.05) is 5.32 Å². The number of carbonyl (C=O) groups excluding carboxylic acids is 1. The van der Waals surface area contributed by atoms with Crippen LogP contribution in [0.4, 0.5) is 11.4 Å². The molecule has 0 radical (unpaired) electrons. The summed E-state index contributed by atoms with van der Waals surface area (Å²) in [5.41, 5.74) is 5.83. The van der Waals surface area contributed by atoms with Crippen LogP contribution in [0, 0.1) is 0 Å². The second-order valence-corrected chi connectivity index (χ2v) is 21.4. The van der Waals surface area contributed by atoms with E-state index in [9.17, 15) is 4.79 Å². The fraction of sp³-hybridized carbons (Fsp3) is 0.114. The summed E-state index contributed by atoms with van der Waals surface area (Å²) in [5.74, 6) is -0.205. The molecule has 0 spiro atoms. The van der Waals surface area contributed by atoms with Crippen molar-refractivity contribution in [1.82, 2.24) is 0 Å². The molecular weight excluding hydrogens is 656 g/mol. The summed E-state index contributed by atoms with van der Waals surface area (Å²) >= 11 is 9.09. The number of hydrogen-bond acceptors (Lipinski definition) is 3. The van der Waals surface area contributed by atoms with E-state index in [1.165, 1.54) is 16.7 Å². The molecule has 5 aromatic rings. The van der Waals surface area contributed by atoms with E-state index in [2.05, 4.69) is 78.1 Å². The van der Waals surface area contributed by atoms with Gasteiger partial charge in [-0.1, -0.05) is 0 Å². The maximum absolute atomic E-state index is 13.9. The zero-order valence-electron chi connectivity index (χ0n) is 22.6. The first-order valence-corrected chi connectivity index (χ1v) is 21.6. The monoisotopic (exact) mass is 687 g/mol. The van der Waals surface area contributed by atoms with Crippen LogP contribution in [-0.4, -0.2) is 24.8 Å². The van der Waals surface area contributed by atoms with Crippen molar-refractivity contribution >= 4 is 59.3 Å². The minimum absolute atomic E-state index is 0.141. The molecule has 0 bridgehead atoms. The van der Waals surface area contributed by atoms with Crippen LogP contribution in [0.5, 0.6) is 0 Å². The number of hydrogen-bond donors (Lipinski definition) is 1. The first-order valence-electron chi connectivity index (χ1n) is 13.6. The standard InChI is InChI=1S/C14H11Cl2NO2.3C7H7.Sn/c15-10-5-3-6-11(16)14(10)17-12-7-2-1-4-9(12)8-13(18)19;3*1-7-5-3-2-4-6-7;/h1-7,17H,8H2,(H,18,19);3*2-6H,1H2;/q;;;;+1/p-1. The van der Waals surface area contributed by atoms with Crippen molar-refractivity contribution in [2.45, 2.75) is 19.7 Å². The van der Waals surface area contributed by atoms with Crippen LogP contribution in [0.25, 0.3) is 0 Å². The van der Waals surface area contributed by atoms with Crippen LogP contribution in [0.15, 0.2) is 133 Å². The average molecular weight is 687 g/mol. The zero-order chi connectivity index (χ0) is 28.5. The summed E-state index contributed by atoms with van der Waals surface area (Å²) in [7, 11) is 0. The predicted molar refractivity (Wildman–Crippen MR) is 172 cm³/mol. The third-order valence-corrected chi connectivity index (χ3v) is 18.5. The van der Waals surface area contributed by atoms with Gasteiger partial charge in [0.15, 0.2) is 0 Å². The van der Waals surface area contributed by atoms with Crippen LogP contribution >= 0.6 is 23.2 Å². The van der Waals surface area contributed by atoms with E-state index in [0.717, 1.165) is 24.6 Å². The molecular formula is C35H31Cl2NO2Sn. The van der Waals surface area contributed by atoms with E-state index >= 15 is 0 Å². The Labute approximate surface area is 256 Å². The van der Waals surface area contributed by atoms with E-state index in [1.807, 2.05) is 42.5 Å². The van der Waals surface area contributed by atoms with Gasteiger partial charge in [-0.2, -0.15) is 0 Å². The molecule has 0 saturated heterocycles. The quantitative estimate of drug-likeness (QED) is 0.141. The molecule has 0 aliphatic heterocycles. The van der Waals surface area contributed by atoms with Gasteiger partial charge in [0.05, 0.1) is 0 Å². The summed E-state index contributed by atoms with van der Waals surface area (Å²) in [5, 5.41) is 4.37. The van der Waals surface area contributed by atoms with Gasteiger partial charge in [0.1, 0.15) is 0 Å². The first-order chi connectivity index (χ1) is 20.0. The van der Waals surface area contributed by atoms with Crippen molar-refractivity contribution in [1.29, 1.82) is 0 Å². The number of nitrogens with one attached hydrogen (secondary N) is 1. The van der Waals surface area contributed by atoms with Gasteiger partial charge in [0.25, 0.3) is 0 Å². The Morgan fingerprint density at radius 3 is 1.51 bits per heavy atom. The van der Waals surface area contributed by atoms with Gasteiger partial charge in [-0.05, 0) is 0 Å². The second kappa shape index (κ2) is 14.1. The van der Waals surface area contributed by atoms with Gasteiger partial charge < -0.3 is 0 Å². The molecule has 3 nitrogen and oxygen atoms in total. The third kappa shape index (κ3) is 8.16.